The van der Waals surface area contributed by atoms with E-state index in [1.165, 1.54) is 18.2 Å². The fourth-order valence-corrected chi connectivity index (χ4v) is 2.33. The van der Waals surface area contributed by atoms with Gasteiger partial charge >= 0.3 is 0 Å². The predicted octanol–water partition coefficient (Wildman–Crippen LogP) is 3.43. The number of rotatable bonds is 7. The quantitative estimate of drug-likeness (QED) is 0.827. The van der Waals surface area contributed by atoms with Crippen molar-refractivity contribution < 1.29 is 4.42 Å². The molecule has 2 aromatic rings. The summed E-state index contributed by atoms with van der Waals surface area (Å²) in [5, 5.41) is 4.53. The second-order valence-electron chi connectivity index (χ2n) is 5.14. The van der Waals surface area contributed by atoms with Gasteiger partial charge in [-0.1, -0.05) is 31.5 Å². The molecule has 3 heteroatoms. The largest absolute Gasteiger partial charge is 0.459 e. The SMILES string of the molecule is CCCCN(C)CC(NC)c1cc2ccccc2o1. The average molecular weight is 260 g/mol. The van der Waals surface area contributed by atoms with Crippen LogP contribution in [0.25, 0.3) is 11.0 Å². The topological polar surface area (TPSA) is 28.4 Å². The Kier molecular flexibility index (Phi) is 5.00. The van der Waals surface area contributed by atoms with Gasteiger partial charge in [0.25, 0.3) is 0 Å². The van der Waals surface area contributed by atoms with E-state index in [9.17, 15) is 0 Å². The van der Waals surface area contributed by atoms with Crippen molar-refractivity contribution in [3.63, 3.8) is 0 Å². The van der Waals surface area contributed by atoms with Gasteiger partial charge in [0.1, 0.15) is 11.3 Å². The van der Waals surface area contributed by atoms with Crippen LogP contribution < -0.4 is 5.32 Å². The molecule has 2 rings (SSSR count). The van der Waals surface area contributed by atoms with Crippen molar-refractivity contribution in [1.82, 2.24) is 10.2 Å². The third-order valence-corrected chi connectivity index (χ3v) is 3.52. The summed E-state index contributed by atoms with van der Waals surface area (Å²) in [5.41, 5.74) is 0.967. The molecule has 0 saturated carbocycles. The van der Waals surface area contributed by atoms with Crippen LogP contribution in [-0.4, -0.2) is 32.1 Å². The Morgan fingerprint density at radius 2 is 2.11 bits per heavy atom. The van der Waals surface area contributed by atoms with Crippen LogP contribution in [0.3, 0.4) is 0 Å². The second-order valence-corrected chi connectivity index (χ2v) is 5.14. The Morgan fingerprint density at radius 3 is 2.79 bits per heavy atom. The van der Waals surface area contributed by atoms with Crippen molar-refractivity contribution in [3.05, 3.63) is 36.1 Å². The molecule has 0 aliphatic rings. The fourth-order valence-electron chi connectivity index (χ4n) is 2.33. The van der Waals surface area contributed by atoms with Gasteiger partial charge in [-0.05, 0) is 39.2 Å². The highest BCUT2D eigenvalue weighted by Gasteiger charge is 2.16. The van der Waals surface area contributed by atoms with Crippen molar-refractivity contribution in [2.45, 2.75) is 25.8 Å². The zero-order valence-electron chi connectivity index (χ0n) is 12.1. The number of hydrogen-bond acceptors (Lipinski definition) is 3. The van der Waals surface area contributed by atoms with E-state index < -0.39 is 0 Å². The number of nitrogens with zero attached hydrogens (tertiary/aromatic N) is 1. The minimum absolute atomic E-state index is 0.245. The first kappa shape index (κ1) is 14.1. The Balaban J connectivity index is 2.08. The molecular weight excluding hydrogens is 236 g/mol. The summed E-state index contributed by atoms with van der Waals surface area (Å²) < 4.78 is 5.94. The first-order valence-corrected chi connectivity index (χ1v) is 7.09. The van der Waals surface area contributed by atoms with Gasteiger partial charge in [0.2, 0.25) is 0 Å². The molecule has 0 amide bonds. The molecule has 0 aliphatic heterocycles. The molecular formula is C16H24N2O. The molecule has 19 heavy (non-hydrogen) atoms. The van der Waals surface area contributed by atoms with Crippen molar-refractivity contribution in [2.75, 3.05) is 27.2 Å². The molecule has 0 spiro atoms. The Bertz CT molecular complexity index is 473. The van der Waals surface area contributed by atoms with Gasteiger partial charge in [0.05, 0.1) is 6.04 Å². The van der Waals surface area contributed by atoms with E-state index in [4.69, 9.17) is 4.42 Å². The molecule has 104 valence electrons. The van der Waals surface area contributed by atoms with Crippen LogP contribution in [0.15, 0.2) is 34.7 Å². The third kappa shape index (κ3) is 3.58. The molecule has 1 N–H and O–H groups in total. The van der Waals surface area contributed by atoms with Crippen molar-refractivity contribution in [3.8, 4) is 0 Å². The molecule has 1 aromatic heterocycles. The third-order valence-electron chi connectivity index (χ3n) is 3.52. The first-order valence-electron chi connectivity index (χ1n) is 7.09. The maximum absolute atomic E-state index is 5.94. The molecule has 0 radical (unpaired) electrons. The predicted molar refractivity (Wildman–Crippen MR) is 80.4 cm³/mol. The number of hydrogen-bond donors (Lipinski definition) is 1. The summed E-state index contributed by atoms with van der Waals surface area (Å²) in [6.45, 7) is 4.33. The van der Waals surface area contributed by atoms with Crippen molar-refractivity contribution >= 4 is 11.0 Å². The lowest BCUT2D eigenvalue weighted by Gasteiger charge is -2.22. The second kappa shape index (κ2) is 6.73. The normalized spacial score (nSPS) is 13.3. The van der Waals surface area contributed by atoms with Crippen LogP contribution in [0.1, 0.15) is 31.6 Å². The minimum atomic E-state index is 0.245. The highest BCUT2D eigenvalue weighted by atomic mass is 16.3. The van der Waals surface area contributed by atoms with Crippen LogP contribution >= 0.6 is 0 Å². The summed E-state index contributed by atoms with van der Waals surface area (Å²) in [6.07, 6.45) is 2.48. The Hall–Kier alpha value is -1.32. The van der Waals surface area contributed by atoms with Gasteiger partial charge < -0.3 is 14.6 Å². The zero-order chi connectivity index (χ0) is 13.7. The monoisotopic (exact) mass is 260 g/mol. The molecule has 0 aliphatic carbocycles. The number of benzene rings is 1. The van der Waals surface area contributed by atoms with Gasteiger partial charge in [-0.25, -0.2) is 0 Å². The summed E-state index contributed by atoms with van der Waals surface area (Å²) in [6, 6.07) is 10.6. The maximum atomic E-state index is 5.94. The van der Waals surface area contributed by atoms with Crippen LogP contribution in [0.5, 0.6) is 0 Å². The van der Waals surface area contributed by atoms with Gasteiger partial charge in [-0.15, -0.1) is 0 Å². The van der Waals surface area contributed by atoms with Gasteiger partial charge in [-0.3, -0.25) is 0 Å². The number of nitrogens with one attached hydrogen (secondary N) is 1. The summed E-state index contributed by atoms with van der Waals surface area (Å²) in [7, 11) is 4.16. The van der Waals surface area contributed by atoms with Crippen molar-refractivity contribution in [1.29, 1.82) is 0 Å². The van der Waals surface area contributed by atoms with Gasteiger partial charge in [-0.2, -0.15) is 0 Å². The lowest BCUT2D eigenvalue weighted by atomic mass is 10.2. The minimum Gasteiger partial charge on any atom is -0.459 e. The first-order chi connectivity index (χ1) is 9.24. The van der Waals surface area contributed by atoms with Crippen LogP contribution in [0, 0.1) is 0 Å². The fraction of sp³-hybridized carbons (Fsp3) is 0.500. The van der Waals surface area contributed by atoms with E-state index in [0.29, 0.717) is 0 Å². The molecule has 0 bridgehead atoms. The smallest absolute Gasteiger partial charge is 0.134 e. The molecule has 1 aromatic carbocycles. The van der Waals surface area contributed by atoms with Gasteiger partial charge in [0, 0.05) is 11.9 Å². The maximum Gasteiger partial charge on any atom is 0.134 e. The van der Waals surface area contributed by atoms with Gasteiger partial charge in [0.15, 0.2) is 0 Å². The van der Waals surface area contributed by atoms with E-state index >= 15 is 0 Å². The molecule has 1 heterocycles. The standard InChI is InChI=1S/C16H24N2O/c1-4-5-10-18(3)12-14(17-2)16-11-13-8-6-7-9-15(13)19-16/h6-9,11,14,17H,4-5,10,12H2,1-3H3. The van der Waals surface area contributed by atoms with E-state index in [2.05, 4.69) is 36.3 Å². The summed E-state index contributed by atoms with van der Waals surface area (Å²) in [5.74, 6) is 1.02. The molecule has 3 nitrogen and oxygen atoms in total. The molecule has 1 unspecified atom stereocenters. The number of unbranched alkanes of at least 4 members (excludes halogenated alkanes) is 1. The van der Waals surface area contributed by atoms with Crippen LogP contribution in [-0.2, 0) is 0 Å². The highest BCUT2D eigenvalue weighted by molar-refractivity contribution is 5.77. The van der Waals surface area contributed by atoms with E-state index in [1.54, 1.807) is 0 Å². The number of furan rings is 1. The van der Waals surface area contributed by atoms with E-state index in [1.807, 2.05) is 25.2 Å². The Morgan fingerprint density at radius 1 is 1.32 bits per heavy atom. The lowest BCUT2D eigenvalue weighted by molar-refractivity contribution is 0.276. The zero-order valence-corrected chi connectivity index (χ0v) is 12.1. The number of para-hydroxylation sites is 1. The van der Waals surface area contributed by atoms with Crippen LogP contribution in [0.4, 0.5) is 0 Å². The highest BCUT2D eigenvalue weighted by Crippen LogP contribution is 2.24. The summed E-state index contributed by atoms with van der Waals surface area (Å²) in [4.78, 5) is 2.36. The average Bonchev–Trinajstić information content (AvgIpc) is 2.86. The molecule has 0 fully saturated rings. The van der Waals surface area contributed by atoms with E-state index in [0.717, 1.165) is 24.4 Å². The van der Waals surface area contributed by atoms with Crippen LogP contribution in [0.2, 0.25) is 0 Å². The van der Waals surface area contributed by atoms with E-state index in [-0.39, 0.29) is 6.04 Å². The number of fused-ring (bicyclic) bond motifs is 1. The van der Waals surface area contributed by atoms with Crippen molar-refractivity contribution in [2.24, 2.45) is 0 Å². The molecule has 1 atom stereocenters. The number of likely N-dealkylation sites (N-methyl/N-ethyl adjacent to an activating group) is 2. The summed E-state index contributed by atoms with van der Waals surface area (Å²) >= 11 is 0. The lowest BCUT2D eigenvalue weighted by Crippen LogP contribution is -2.31. The Labute approximate surface area is 115 Å². The molecule has 0 saturated heterocycles.